The van der Waals surface area contributed by atoms with Gasteiger partial charge in [0.25, 0.3) is 5.91 Å². The number of aromatic nitrogens is 5. The van der Waals surface area contributed by atoms with Gasteiger partial charge in [0.15, 0.2) is 10.9 Å². The second-order valence-electron chi connectivity index (χ2n) is 7.34. The summed E-state index contributed by atoms with van der Waals surface area (Å²) in [6, 6.07) is 0. The van der Waals surface area contributed by atoms with Crippen LogP contribution >= 0.6 is 11.8 Å². The Balaban J connectivity index is 1.36. The van der Waals surface area contributed by atoms with Gasteiger partial charge < -0.3 is 9.47 Å². The van der Waals surface area contributed by atoms with E-state index in [0.29, 0.717) is 11.6 Å². The molecule has 8 heteroatoms. The molecule has 2 aromatic rings. The number of rotatable bonds is 4. The smallest absolute Gasteiger partial charge is 0.274 e. The van der Waals surface area contributed by atoms with Crippen molar-refractivity contribution in [1.82, 2.24) is 29.9 Å². The summed E-state index contributed by atoms with van der Waals surface area (Å²) < 4.78 is 2.08. The third kappa shape index (κ3) is 3.26. The van der Waals surface area contributed by atoms with Crippen LogP contribution in [0.15, 0.2) is 5.16 Å². The molecule has 3 heterocycles. The van der Waals surface area contributed by atoms with Gasteiger partial charge in [-0.05, 0) is 50.7 Å². The summed E-state index contributed by atoms with van der Waals surface area (Å²) in [5.41, 5.74) is 2.99. The predicted octanol–water partition coefficient (Wildman–Crippen LogP) is 2.23. The molecule has 26 heavy (non-hydrogen) atoms. The van der Waals surface area contributed by atoms with Gasteiger partial charge in [0.05, 0.1) is 0 Å². The zero-order chi connectivity index (χ0) is 18.1. The van der Waals surface area contributed by atoms with E-state index in [2.05, 4.69) is 25.0 Å². The molecule has 1 saturated heterocycles. The number of H-pyrrole nitrogens is 1. The summed E-state index contributed by atoms with van der Waals surface area (Å²) in [5, 5.41) is 16.9. The van der Waals surface area contributed by atoms with Crippen molar-refractivity contribution in [3.63, 3.8) is 0 Å². The third-order valence-corrected chi connectivity index (χ3v) is 6.46. The Bertz CT molecular complexity index is 790. The maximum atomic E-state index is 12.9. The van der Waals surface area contributed by atoms with Crippen LogP contribution < -0.4 is 0 Å². The van der Waals surface area contributed by atoms with E-state index in [1.165, 1.54) is 12.1 Å². The van der Waals surface area contributed by atoms with Crippen LogP contribution in [0.25, 0.3) is 0 Å². The van der Waals surface area contributed by atoms with Crippen molar-refractivity contribution in [2.75, 3.05) is 19.3 Å². The van der Waals surface area contributed by atoms with E-state index in [1.54, 1.807) is 11.8 Å². The number of aromatic amines is 1. The maximum Gasteiger partial charge on any atom is 0.274 e. The van der Waals surface area contributed by atoms with Gasteiger partial charge in [0, 0.05) is 37.8 Å². The fourth-order valence-electron chi connectivity index (χ4n) is 4.11. The van der Waals surface area contributed by atoms with E-state index in [1.807, 2.05) is 18.2 Å². The van der Waals surface area contributed by atoms with Crippen LogP contribution in [-0.4, -0.2) is 55.1 Å². The lowest BCUT2D eigenvalue weighted by Crippen LogP contribution is -2.39. The van der Waals surface area contributed by atoms with Crippen LogP contribution in [0.4, 0.5) is 0 Å². The van der Waals surface area contributed by atoms with Gasteiger partial charge >= 0.3 is 0 Å². The molecule has 0 atom stereocenters. The van der Waals surface area contributed by atoms with Crippen molar-refractivity contribution < 1.29 is 4.79 Å². The fourth-order valence-corrected chi connectivity index (χ4v) is 4.61. The minimum absolute atomic E-state index is 0.103. The number of nitrogens with one attached hydrogen (secondary N) is 1. The largest absolute Gasteiger partial charge is 0.337 e. The Kier molecular flexibility index (Phi) is 5.02. The quantitative estimate of drug-likeness (QED) is 0.830. The van der Waals surface area contributed by atoms with Gasteiger partial charge in [0.2, 0.25) is 0 Å². The standard InChI is InChI=1S/C18H26N6OS/c1-23-15(20-22-18(23)26-2)11-12-7-9-24(10-8-12)17(25)16-13-5-3-4-6-14(13)19-21-16/h12H,3-11H2,1-2H3,(H,19,21). The molecule has 0 unspecified atom stereocenters. The SMILES string of the molecule is CSc1nnc(CC2CCN(C(=O)c3n[nH]c4c3CCCC4)CC2)n1C. The summed E-state index contributed by atoms with van der Waals surface area (Å²) in [4.78, 5) is 14.9. The molecule has 0 radical (unpaired) electrons. The highest BCUT2D eigenvalue weighted by molar-refractivity contribution is 7.98. The Morgan fingerprint density at radius 3 is 2.73 bits per heavy atom. The molecule has 2 aromatic heterocycles. The van der Waals surface area contributed by atoms with Gasteiger partial charge in [-0.15, -0.1) is 10.2 Å². The van der Waals surface area contributed by atoms with Crippen molar-refractivity contribution in [3.8, 4) is 0 Å². The number of nitrogens with zero attached hydrogens (tertiary/aromatic N) is 5. The van der Waals surface area contributed by atoms with Crippen LogP contribution in [0.2, 0.25) is 0 Å². The number of piperidine rings is 1. The normalized spacial score (nSPS) is 18.2. The molecule has 0 spiro atoms. The molecule has 1 amide bonds. The molecule has 140 valence electrons. The maximum absolute atomic E-state index is 12.9. The number of likely N-dealkylation sites (tertiary alicyclic amines) is 1. The van der Waals surface area contributed by atoms with Gasteiger partial charge in [-0.25, -0.2) is 0 Å². The second-order valence-corrected chi connectivity index (χ2v) is 8.11. The molecule has 1 fully saturated rings. The predicted molar refractivity (Wildman–Crippen MR) is 100 cm³/mol. The molecule has 1 aliphatic carbocycles. The fraction of sp³-hybridized carbons (Fsp3) is 0.667. The highest BCUT2D eigenvalue weighted by Gasteiger charge is 2.29. The van der Waals surface area contributed by atoms with Gasteiger partial charge in [-0.2, -0.15) is 5.10 Å². The average molecular weight is 375 g/mol. The lowest BCUT2D eigenvalue weighted by molar-refractivity contribution is 0.0682. The number of amides is 1. The van der Waals surface area contributed by atoms with Crippen LogP contribution in [0.5, 0.6) is 0 Å². The van der Waals surface area contributed by atoms with Crippen molar-refractivity contribution in [2.24, 2.45) is 13.0 Å². The zero-order valence-electron chi connectivity index (χ0n) is 15.5. The summed E-state index contributed by atoms with van der Waals surface area (Å²) in [7, 11) is 2.03. The van der Waals surface area contributed by atoms with E-state index in [-0.39, 0.29) is 5.91 Å². The number of hydrogen-bond donors (Lipinski definition) is 1. The lowest BCUT2D eigenvalue weighted by Gasteiger charge is -2.31. The minimum atomic E-state index is 0.103. The number of thioether (sulfide) groups is 1. The first-order valence-corrected chi connectivity index (χ1v) is 10.7. The monoisotopic (exact) mass is 374 g/mol. The summed E-state index contributed by atoms with van der Waals surface area (Å²) in [6.45, 7) is 1.61. The molecule has 7 nitrogen and oxygen atoms in total. The van der Waals surface area contributed by atoms with E-state index in [9.17, 15) is 4.79 Å². The highest BCUT2D eigenvalue weighted by Crippen LogP contribution is 2.26. The molecular formula is C18H26N6OS. The minimum Gasteiger partial charge on any atom is -0.337 e. The Morgan fingerprint density at radius 2 is 2.00 bits per heavy atom. The third-order valence-electron chi connectivity index (χ3n) is 5.74. The van der Waals surface area contributed by atoms with Gasteiger partial charge in [-0.3, -0.25) is 9.89 Å². The average Bonchev–Trinajstić information content (AvgIpc) is 3.26. The number of hydrogen-bond acceptors (Lipinski definition) is 5. The number of fused-ring (bicyclic) bond motifs is 1. The summed E-state index contributed by atoms with van der Waals surface area (Å²) >= 11 is 1.62. The van der Waals surface area contributed by atoms with Gasteiger partial charge in [0.1, 0.15) is 5.82 Å². The summed E-state index contributed by atoms with van der Waals surface area (Å²) in [6.07, 6.45) is 9.33. The first-order chi connectivity index (χ1) is 12.7. The van der Waals surface area contributed by atoms with E-state index < -0.39 is 0 Å². The number of carbonyl (C=O) groups excluding carboxylic acids is 1. The van der Waals surface area contributed by atoms with Crippen LogP contribution in [0.1, 0.15) is 53.3 Å². The molecular weight excluding hydrogens is 348 g/mol. The van der Waals surface area contributed by atoms with Gasteiger partial charge in [-0.1, -0.05) is 11.8 Å². The molecule has 1 aliphatic heterocycles. The molecule has 0 aromatic carbocycles. The van der Waals surface area contributed by atoms with Crippen LogP contribution in [0, 0.1) is 5.92 Å². The van der Waals surface area contributed by atoms with E-state index in [4.69, 9.17) is 0 Å². The number of carbonyl (C=O) groups is 1. The first-order valence-electron chi connectivity index (χ1n) is 9.45. The zero-order valence-corrected chi connectivity index (χ0v) is 16.3. The van der Waals surface area contributed by atoms with Crippen molar-refractivity contribution >= 4 is 17.7 Å². The second kappa shape index (κ2) is 7.42. The Morgan fingerprint density at radius 1 is 1.23 bits per heavy atom. The highest BCUT2D eigenvalue weighted by atomic mass is 32.2. The van der Waals surface area contributed by atoms with Crippen molar-refractivity contribution in [1.29, 1.82) is 0 Å². The topological polar surface area (TPSA) is 79.7 Å². The molecule has 1 N–H and O–H groups in total. The van der Waals surface area contributed by atoms with E-state index in [0.717, 1.165) is 68.2 Å². The van der Waals surface area contributed by atoms with E-state index >= 15 is 0 Å². The molecule has 0 saturated carbocycles. The van der Waals surface area contributed by atoms with Crippen molar-refractivity contribution in [2.45, 2.75) is 50.1 Å². The Hall–Kier alpha value is -1.83. The molecule has 2 aliphatic rings. The molecule has 4 rings (SSSR count). The van der Waals surface area contributed by atoms with Crippen LogP contribution in [-0.2, 0) is 26.3 Å². The number of aryl methyl sites for hydroxylation is 1. The molecule has 0 bridgehead atoms. The first kappa shape index (κ1) is 17.6. The Labute approximate surface area is 157 Å². The van der Waals surface area contributed by atoms with Crippen LogP contribution in [0.3, 0.4) is 0 Å². The summed E-state index contributed by atoms with van der Waals surface area (Å²) in [5.74, 6) is 1.71. The lowest BCUT2D eigenvalue weighted by atomic mass is 9.92. The van der Waals surface area contributed by atoms with Crippen molar-refractivity contribution in [3.05, 3.63) is 22.8 Å².